The second-order valence-corrected chi connectivity index (χ2v) is 3.41. The Bertz CT molecular complexity index is 239. The standard InChI is InChI=1S/C12H20NO3/c1-5-9-13(10(14)6-2,11(15)7-3)12(16)8-4/h5-8,10-12,14-16H,1-4,9H2/q+1. The van der Waals surface area contributed by atoms with E-state index in [1.54, 1.807) is 0 Å². The van der Waals surface area contributed by atoms with Gasteiger partial charge < -0.3 is 15.3 Å². The molecule has 0 radical (unpaired) electrons. The summed E-state index contributed by atoms with van der Waals surface area (Å²) in [6.07, 6.45) is 1.75. The lowest BCUT2D eigenvalue weighted by Crippen LogP contribution is -2.65. The second-order valence-electron chi connectivity index (χ2n) is 3.41. The molecule has 0 aromatic carbocycles. The summed E-state index contributed by atoms with van der Waals surface area (Å²) in [5, 5.41) is 29.7. The SMILES string of the molecule is C=CC[N+](C(O)C=C)(C(O)C=C)C(O)C=C. The van der Waals surface area contributed by atoms with E-state index in [2.05, 4.69) is 26.3 Å². The van der Waals surface area contributed by atoms with Gasteiger partial charge in [-0.1, -0.05) is 26.3 Å². The van der Waals surface area contributed by atoms with Gasteiger partial charge in [-0.2, -0.15) is 0 Å². The van der Waals surface area contributed by atoms with Crippen molar-refractivity contribution < 1.29 is 19.8 Å². The maximum absolute atomic E-state index is 9.89. The van der Waals surface area contributed by atoms with Crippen LogP contribution in [0.4, 0.5) is 0 Å². The van der Waals surface area contributed by atoms with Crippen molar-refractivity contribution in [2.75, 3.05) is 6.54 Å². The summed E-state index contributed by atoms with van der Waals surface area (Å²) in [6, 6.07) is 0. The summed E-state index contributed by atoms with van der Waals surface area (Å²) in [5.41, 5.74) is 0. The van der Waals surface area contributed by atoms with Gasteiger partial charge in [-0.25, -0.2) is 4.48 Å². The van der Waals surface area contributed by atoms with E-state index in [0.29, 0.717) is 0 Å². The van der Waals surface area contributed by atoms with Crippen molar-refractivity contribution in [2.24, 2.45) is 0 Å². The van der Waals surface area contributed by atoms with Gasteiger partial charge in [-0.15, -0.1) is 0 Å². The first-order valence-corrected chi connectivity index (χ1v) is 4.91. The van der Waals surface area contributed by atoms with Crippen LogP contribution in [-0.4, -0.2) is 45.0 Å². The first kappa shape index (κ1) is 14.8. The van der Waals surface area contributed by atoms with E-state index in [1.807, 2.05) is 0 Å². The van der Waals surface area contributed by atoms with Crippen LogP contribution in [0.1, 0.15) is 0 Å². The molecule has 0 spiro atoms. The highest BCUT2D eigenvalue weighted by atomic mass is 16.4. The van der Waals surface area contributed by atoms with Gasteiger partial charge in [0.05, 0.1) is 0 Å². The molecule has 90 valence electrons. The number of aliphatic hydroxyl groups is 3. The van der Waals surface area contributed by atoms with E-state index < -0.39 is 23.2 Å². The molecule has 3 unspecified atom stereocenters. The van der Waals surface area contributed by atoms with Gasteiger partial charge in [0.1, 0.15) is 6.54 Å². The normalized spacial score (nSPS) is 19.9. The first-order chi connectivity index (χ1) is 7.50. The van der Waals surface area contributed by atoms with E-state index in [1.165, 1.54) is 24.3 Å². The molecule has 4 heteroatoms. The van der Waals surface area contributed by atoms with Gasteiger partial charge in [0.15, 0.2) is 0 Å². The molecule has 3 N–H and O–H groups in total. The van der Waals surface area contributed by atoms with Crippen LogP contribution < -0.4 is 0 Å². The van der Waals surface area contributed by atoms with Crippen LogP contribution in [0.2, 0.25) is 0 Å². The van der Waals surface area contributed by atoms with Gasteiger partial charge in [-0.3, -0.25) is 0 Å². The Morgan fingerprint density at radius 3 is 1.31 bits per heavy atom. The molecule has 4 nitrogen and oxygen atoms in total. The highest BCUT2D eigenvalue weighted by Crippen LogP contribution is 2.23. The summed E-state index contributed by atoms with van der Waals surface area (Å²) in [5.74, 6) is 0. The zero-order chi connectivity index (χ0) is 12.8. The lowest BCUT2D eigenvalue weighted by atomic mass is 10.2. The van der Waals surface area contributed by atoms with Crippen LogP contribution in [0.3, 0.4) is 0 Å². The average Bonchev–Trinajstić information content (AvgIpc) is 2.32. The fourth-order valence-corrected chi connectivity index (χ4v) is 1.61. The third-order valence-corrected chi connectivity index (χ3v) is 2.56. The molecule has 3 atom stereocenters. The molecule has 0 saturated carbocycles. The summed E-state index contributed by atoms with van der Waals surface area (Å²) in [6.45, 7) is 14.0. The number of hydrogen-bond acceptors (Lipinski definition) is 3. The summed E-state index contributed by atoms with van der Waals surface area (Å²) in [7, 11) is 0. The van der Waals surface area contributed by atoms with Crippen LogP contribution in [0.25, 0.3) is 0 Å². The highest BCUT2D eigenvalue weighted by Gasteiger charge is 2.44. The number of rotatable bonds is 8. The smallest absolute Gasteiger partial charge is 0.215 e. The molecule has 0 aliphatic heterocycles. The van der Waals surface area contributed by atoms with Crippen LogP contribution in [0.15, 0.2) is 50.6 Å². The minimum absolute atomic E-state index is 0.146. The maximum atomic E-state index is 9.89. The molecule has 0 aromatic rings. The van der Waals surface area contributed by atoms with Crippen LogP contribution in [-0.2, 0) is 0 Å². The van der Waals surface area contributed by atoms with Crippen molar-refractivity contribution in [3.05, 3.63) is 50.6 Å². The molecule has 0 saturated heterocycles. The Morgan fingerprint density at radius 1 is 0.812 bits per heavy atom. The van der Waals surface area contributed by atoms with E-state index in [-0.39, 0.29) is 6.54 Å². The van der Waals surface area contributed by atoms with Crippen LogP contribution in [0, 0.1) is 0 Å². The Morgan fingerprint density at radius 2 is 1.12 bits per heavy atom. The van der Waals surface area contributed by atoms with Gasteiger partial charge in [0.2, 0.25) is 18.7 Å². The number of aliphatic hydroxyl groups excluding tert-OH is 3. The third kappa shape index (κ3) is 2.48. The predicted molar refractivity (Wildman–Crippen MR) is 63.9 cm³/mol. The van der Waals surface area contributed by atoms with Gasteiger partial charge >= 0.3 is 0 Å². The fourth-order valence-electron chi connectivity index (χ4n) is 1.61. The lowest BCUT2D eigenvalue weighted by molar-refractivity contribution is -1.02. The topological polar surface area (TPSA) is 60.7 Å². The van der Waals surface area contributed by atoms with Crippen molar-refractivity contribution in [1.82, 2.24) is 0 Å². The van der Waals surface area contributed by atoms with Crippen LogP contribution in [0.5, 0.6) is 0 Å². The number of hydrogen-bond donors (Lipinski definition) is 3. The maximum Gasteiger partial charge on any atom is 0.215 e. The van der Waals surface area contributed by atoms with E-state index >= 15 is 0 Å². The average molecular weight is 226 g/mol. The molecule has 16 heavy (non-hydrogen) atoms. The minimum atomic E-state index is -1.15. The summed E-state index contributed by atoms with van der Waals surface area (Å²) >= 11 is 0. The highest BCUT2D eigenvalue weighted by molar-refractivity contribution is 4.86. The van der Waals surface area contributed by atoms with Gasteiger partial charge in [0, 0.05) is 0 Å². The number of nitrogens with zero attached hydrogens (tertiary/aromatic N) is 1. The predicted octanol–water partition coefficient (Wildman–Crippen LogP) is 0.502. The zero-order valence-electron chi connectivity index (χ0n) is 9.37. The van der Waals surface area contributed by atoms with Gasteiger partial charge in [-0.05, 0) is 24.3 Å². The Kier molecular flexibility index (Phi) is 5.92. The van der Waals surface area contributed by atoms with E-state index in [9.17, 15) is 15.3 Å². The van der Waals surface area contributed by atoms with Crippen molar-refractivity contribution in [3.63, 3.8) is 0 Å². The molecule has 0 fully saturated rings. The van der Waals surface area contributed by atoms with E-state index in [4.69, 9.17) is 0 Å². The summed E-state index contributed by atoms with van der Waals surface area (Å²) in [4.78, 5) is 0. The largest absolute Gasteiger partial charge is 0.341 e. The second kappa shape index (κ2) is 6.40. The molecule has 0 aliphatic carbocycles. The molecular formula is C12H20NO3+. The third-order valence-electron chi connectivity index (χ3n) is 2.56. The molecule has 0 aromatic heterocycles. The van der Waals surface area contributed by atoms with Crippen molar-refractivity contribution in [1.29, 1.82) is 0 Å². The first-order valence-electron chi connectivity index (χ1n) is 4.91. The number of quaternary nitrogens is 1. The molecule has 0 rings (SSSR count). The Hall–Kier alpha value is -1.20. The monoisotopic (exact) mass is 226 g/mol. The Balaban J connectivity index is 5.52. The molecule has 0 bridgehead atoms. The summed E-state index contributed by atoms with van der Waals surface area (Å²) < 4.78 is -0.472. The van der Waals surface area contributed by atoms with Crippen molar-refractivity contribution in [3.8, 4) is 0 Å². The lowest BCUT2D eigenvalue weighted by Gasteiger charge is -2.44. The molecule has 0 aliphatic rings. The van der Waals surface area contributed by atoms with Crippen molar-refractivity contribution in [2.45, 2.75) is 18.7 Å². The Labute approximate surface area is 96.3 Å². The fraction of sp³-hybridized carbons (Fsp3) is 0.333. The van der Waals surface area contributed by atoms with E-state index in [0.717, 1.165) is 0 Å². The quantitative estimate of drug-likeness (QED) is 0.321. The molecular weight excluding hydrogens is 206 g/mol. The minimum Gasteiger partial charge on any atom is -0.341 e. The zero-order valence-corrected chi connectivity index (χ0v) is 9.37. The molecule has 0 amide bonds. The van der Waals surface area contributed by atoms with Crippen molar-refractivity contribution >= 4 is 0 Å². The molecule has 0 heterocycles. The van der Waals surface area contributed by atoms with Gasteiger partial charge in [0.25, 0.3) is 0 Å². The van der Waals surface area contributed by atoms with Crippen LogP contribution >= 0.6 is 0 Å².